The van der Waals surface area contributed by atoms with E-state index in [2.05, 4.69) is 15.7 Å². The number of piperidine rings is 1. The van der Waals surface area contributed by atoms with Gasteiger partial charge in [-0.2, -0.15) is 0 Å². The Balaban J connectivity index is 1.79. The van der Waals surface area contributed by atoms with E-state index in [4.69, 9.17) is 0 Å². The topological polar surface area (TPSA) is 45.2 Å². The van der Waals surface area contributed by atoms with Crippen LogP contribution in [-0.4, -0.2) is 30.5 Å². The fourth-order valence-corrected chi connectivity index (χ4v) is 3.24. The van der Waals surface area contributed by atoms with Crippen molar-refractivity contribution in [1.29, 1.82) is 0 Å². The number of likely N-dealkylation sites (N-methyl/N-ethyl adjacent to an activating group) is 1. The minimum Gasteiger partial charge on any atom is -0.309 e. The molecule has 1 atom stereocenters. The number of hydrogen-bond acceptors (Lipinski definition) is 4. The van der Waals surface area contributed by atoms with Crippen LogP contribution in [0.5, 0.6) is 0 Å². The van der Waals surface area contributed by atoms with Gasteiger partial charge in [-0.15, -0.1) is 11.3 Å². The second-order valence-electron chi connectivity index (χ2n) is 4.80. The monoisotopic (exact) mass is 251 g/mol. The number of carbonyl (C=O) groups excluding carboxylic acids is 1. The molecule has 0 aromatic carbocycles. The van der Waals surface area contributed by atoms with Crippen LogP contribution in [0.15, 0.2) is 5.38 Å². The summed E-state index contributed by atoms with van der Waals surface area (Å²) in [7, 11) is 1.85. The number of rotatable bonds is 3. The van der Waals surface area contributed by atoms with Crippen molar-refractivity contribution in [2.24, 2.45) is 0 Å². The van der Waals surface area contributed by atoms with Crippen molar-refractivity contribution in [1.82, 2.24) is 10.3 Å². The van der Waals surface area contributed by atoms with Crippen molar-refractivity contribution in [2.75, 3.05) is 18.5 Å². The molecule has 17 heavy (non-hydrogen) atoms. The summed E-state index contributed by atoms with van der Waals surface area (Å²) in [6, 6.07) is -0.0305. The van der Waals surface area contributed by atoms with Gasteiger partial charge >= 0.3 is 0 Å². The summed E-state index contributed by atoms with van der Waals surface area (Å²) < 4.78 is 0. The highest BCUT2D eigenvalue weighted by Gasteiger charge is 2.32. The second kappa shape index (κ2) is 4.38. The molecule has 3 rings (SSSR count). The molecule has 2 aliphatic rings. The normalized spacial score (nSPS) is 25.4. The average Bonchev–Trinajstić information content (AvgIpc) is 3.08. The summed E-state index contributed by atoms with van der Waals surface area (Å²) in [5.74, 6) is 0.843. The predicted molar refractivity (Wildman–Crippen MR) is 68.5 cm³/mol. The van der Waals surface area contributed by atoms with E-state index in [-0.39, 0.29) is 11.9 Å². The van der Waals surface area contributed by atoms with Crippen LogP contribution in [0, 0.1) is 0 Å². The summed E-state index contributed by atoms with van der Waals surface area (Å²) in [5, 5.41) is 6.08. The minimum absolute atomic E-state index is 0.0305. The summed E-state index contributed by atoms with van der Waals surface area (Å²) in [6.45, 7) is 0.814. The molecule has 1 saturated carbocycles. The SMILES string of the molecule is CNC1CCCN(c2nc(C3CC3)cs2)C1=O. The van der Waals surface area contributed by atoms with Gasteiger partial charge in [0, 0.05) is 17.8 Å². The van der Waals surface area contributed by atoms with E-state index in [1.54, 1.807) is 11.3 Å². The summed E-state index contributed by atoms with van der Waals surface area (Å²) >= 11 is 1.61. The lowest BCUT2D eigenvalue weighted by atomic mass is 10.1. The number of anilines is 1. The first-order chi connectivity index (χ1) is 8.29. The van der Waals surface area contributed by atoms with Crippen LogP contribution in [0.4, 0.5) is 5.13 Å². The van der Waals surface area contributed by atoms with Gasteiger partial charge in [0.2, 0.25) is 5.91 Å². The Kier molecular flexibility index (Phi) is 2.88. The highest BCUT2D eigenvalue weighted by Crippen LogP contribution is 2.41. The van der Waals surface area contributed by atoms with Crippen molar-refractivity contribution in [2.45, 2.75) is 37.6 Å². The van der Waals surface area contributed by atoms with Gasteiger partial charge in [-0.3, -0.25) is 9.69 Å². The first-order valence-corrected chi connectivity index (χ1v) is 7.11. The summed E-state index contributed by atoms with van der Waals surface area (Å²) in [4.78, 5) is 18.6. The van der Waals surface area contributed by atoms with Gasteiger partial charge in [0.1, 0.15) is 0 Å². The van der Waals surface area contributed by atoms with E-state index in [1.165, 1.54) is 18.5 Å². The maximum atomic E-state index is 12.2. The summed E-state index contributed by atoms with van der Waals surface area (Å²) in [6.07, 6.45) is 4.51. The first-order valence-electron chi connectivity index (χ1n) is 6.23. The van der Waals surface area contributed by atoms with Crippen LogP contribution >= 0.6 is 11.3 Å². The van der Waals surface area contributed by atoms with Gasteiger partial charge in [0.05, 0.1) is 11.7 Å². The average molecular weight is 251 g/mol. The number of thiazole rings is 1. The Morgan fingerprint density at radius 2 is 2.29 bits per heavy atom. The van der Waals surface area contributed by atoms with Crippen molar-refractivity contribution >= 4 is 22.4 Å². The third-order valence-electron chi connectivity index (χ3n) is 3.52. The molecule has 5 heteroatoms. The molecule has 1 aromatic heterocycles. The molecule has 1 N–H and O–H groups in total. The van der Waals surface area contributed by atoms with Crippen molar-refractivity contribution in [3.05, 3.63) is 11.1 Å². The molecule has 1 amide bonds. The standard InChI is InChI=1S/C12H17N3OS/c1-13-9-3-2-6-15(11(9)16)12-14-10(7-17-12)8-4-5-8/h7-9,13H,2-6H2,1H3. The third-order valence-corrected chi connectivity index (χ3v) is 4.41. The molecule has 0 radical (unpaired) electrons. The van der Waals surface area contributed by atoms with E-state index in [0.29, 0.717) is 5.92 Å². The quantitative estimate of drug-likeness (QED) is 0.890. The fourth-order valence-electron chi connectivity index (χ4n) is 2.30. The second-order valence-corrected chi connectivity index (χ2v) is 5.64. The third kappa shape index (κ3) is 2.09. The van der Waals surface area contributed by atoms with Gasteiger partial charge in [-0.05, 0) is 32.7 Å². The number of amides is 1. The molecule has 92 valence electrons. The maximum absolute atomic E-state index is 12.2. The van der Waals surface area contributed by atoms with E-state index in [1.807, 2.05) is 11.9 Å². The molecule has 1 aromatic rings. The zero-order chi connectivity index (χ0) is 11.8. The molecule has 2 fully saturated rings. The highest BCUT2D eigenvalue weighted by molar-refractivity contribution is 7.14. The van der Waals surface area contributed by atoms with Crippen LogP contribution in [0.3, 0.4) is 0 Å². The number of hydrogen-bond donors (Lipinski definition) is 1. The Morgan fingerprint density at radius 3 is 3.00 bits per heavy atom. The molecular weight excluding hydrogens is 234 g/mol. The lowest BCUT2D eigenvalue weighted by Gasteiger charge is -2.30. The van der Waals surface area contributed by atoms with E-state index in [0.717, 1.165) is 24.5 Å². The number of carbonyl (C=O) groups is 1. The Bertz CT molecular complexity index is 427. The van der Waals surface area contributed by atoms with E-state index in [9.17, 15) is 4.79 Å². The van der Waals surface area contributed by atoms with Gasteiger partial charge in [-0.25, -0.2) is 4.98 Å². The molecule has 1 aliphatic carbocycles. The largest absolute Gasteiger partial charge is 0.309 e. The number of aromatic nitrogens is 1. The maximum Gasteiger partial charge on any atom is 0.245 e. The molecule has 4 nitrogen and oxygen atoms in total. The van der Waals surface area contributed by atoms with Crippen LogP contribution in [-0.2, 0) is 4.79 Å². The zero-order valence-corrected chi connectivity index (χ0v) is 10.8. The van der Waals surface area contributed by atoms with Gasteiger partial charge in [-0.1, -0.05) is 0 Å². The van der Waals surface area contributed by atoms with Crippen LogP contribution < -0.4 is 10.2 Å². The predicted octanol–water partition coefficient (Wildman–Crippen LogP) is 1.74. The van der Waals surface area contributed by atoms with Crippen LogP contribution in [0.25, 0.3) is 0 Å². The molecule has 0 bridgehead atoms. The molecule has 1 saturated heterocycles. The van der Waals surface area contributed by atoms with Crippen LogP contribution in [0.2, 0.25) is 0 Å². The molecular formula is C12H17N3OS. The Morgan fingerprint density at radius 1 is 1.47 bits per heavy atom. The lowest BCUT2D eigenvalue weighted by molar-refractivity contribution is -0.121. The summed E-state index contributed by atoms with van der Waals surface area (Å²) in [5.41, 5.74) is 1.18. The Hall–Kier alpha value is -0.940. The van der Waals surface area contributed by atoms with Gasteiger partial charge in [0.15, 0.2) is 5.13 Å². The van der Waals surface area contributed by atoms with E-state index >= 15 is 0 Å². The van der Waals surface area contributed by atoms with E-state index < -0.39 is 0 Å². The minimum atomic E-state index is -0.0305. The molecule has 1 aliphatic heterocycles. The van der Waals surface area contributed by atoms with Crippen molar-refractivity contribution < 1.29 is 4.79 Å². The highest BCUT2D eigenvalue weighted by atomic mass is 32.1. The Labute approximate surface area is 105 Å². The van der Waals surface area contributed by atoms with Crippen molar-refractivity contribution in [3.8, 4) is 0 Å². The molecule has 2 heterocycles. The van der Waals surface area contributed by atoms with Crippen molar-refractivity contribution in [3.63, 3.8) is 0 Å². The first kappa shape index (κ1) is 11.2. The van der Waals surface area contributed by atoms with Crippen LogP contribution in [0.1, 0.15) is 37.3 Å². The number of nitrogens with zero attached hydrogens (tertiary/aromatic N) is 2. The molecule has 0 spiro atoms. The lowest BCUT2D eigenvalue weighted by Crippen LogP contribution is -2.49. The smallest absolute Gasteiger partial charge is 0.245 e. The number of nitrogens with one attached hydrogen (secondary N) is 1. The van der Waals surface area contributed by atoms with Gasteiger partial charge in [0.25, 0.3) is 0 Å². The van der Waals surface area contributed by atoms with Gasteiger partial charge < -0.3 is 5.32 Å². The zero-order valence-electron chi connectivity index (χ0n) is 9.98. The fraction of sp³-hybridized carbons (Fsp3) is 0.667. The molecule has 1 unspecified atom stereocenters.